The van der Waals surface area contributed by atoms with Crippen LogP contribution in [0.25, 0.3) is 0 Å². The van der Waals surface area contributed by atoms with Crippen LogP contribution in [0.4, 0.5) is 0 Å². The second kappa shape index (κ2) is 6.59. The lowest BCUT2D eigenvalue weighted by atomic mass is 10.1. The lowest BCUT2D eigenvalue weighted by Gasteiger charge is -2.17. The Labute approximate surface area is 117 Å². The van der Waals surface area contributed by atoms with Crippen LogP contribution in [0.5, 0.6) is 11.5 Å². The molecule has 1 unspecified atom stereocenters. The van der Waals surface area contributed by atoms with E-state index in [1.165, 1.54) is 10.9 Å². The van der Waals surface area contributed by atoms with E-state index in [9.17, 15) is 10.2 Å². The molecule has 1 aromatic heterocycles. The summed E-state index contributed by atoms with van der Waals surface area (Å²) >= 11 is 1.75. The summed E-state index contributed by atoms with van der Waals surface area (Å²) in [6, 6.07) is 9.22. The van der Waals surface area contributed by atoms with Gasteiger partial charge in [-0.25, -0.2) is 0 Å². The van der Waals surface area contributed by atoms with Crippen molar-refractivity contribution in [2.75, 3.05) is 0 Å². The monoisotopic (exact) mass is 277 g/mol. The van der Waals surface area contributed by atoms with Gasteiger partial charge in [0.15, 0.2) is 0 Å². The number of phenols is 2. The minimum absolute atomic E-state index is 0.0876. The predicted molar refractivity (Wildman–Crippen MR) is 78.6 cm³/mol. The van der Waals surface area contributed by atoms with Crippen molar-refractivity contribution in [2.45, 2.75) is 32.4 Å². The van der Waals surface area contributed by atoms with Crippen LogP contribution in [-0.2, 0) is 6.54 Å². The van der Waals surface area contributed by atoms with E-state index in [0.717, 1.165) is 18.4 Å². The number of benzene rings is 1. The first-order valence-corrected chi connectivity index (χ1v) is 7.36. The minimum atomic E-state index is 0.0876. The summed E-state index contributed by atoms with van der Waals surface area (Å²) in [5, 5.41) is 24.6. The molecule has 2 aromatic rings. The van der Waals surface area contributed by atoms with Gasteiger partial charge < -0.3 is 15.5 Å². The number of hydrogen-bond donors (Lipinski definition) is 3. The van der Waals surface area contributed by atoms with E-state index in [1.807, 2.05) is 0 Å². The van der Waals surface area contributed by atoms with Crippen LogP contribution < -0.4 is 5.32 Å². The number of rotatable bonds is 6. The molecule has 0 saturated carbocycles. The maximum Gasteiger partial charge on any atom is 0.123 e. The topological polar surface area (TPSA) is 52.5 Å². The van der Waals surface area contributed by atoms with E-state index in [4.69, 9.17) is 0 Å². The maximum absolute atomic E-state index is 9.77. The van der Waals surface area contributed by atoms with E-state index >= 15 is 0 Å². The summed E-state index contributed by atoms with van der Waals surface area (Å²) in [5.41, 5.74) is 0.801. The van der Waals surface area contributed by atoms with E-state index in [0.29, 0.717) is 12.6 Å². The predicted octanol–water partition coefficient (Wildman–Crippen LogP) is 3.79. The molecule has 0 saturated heterocycles. The zero-order valence-electron chi connectivity index (χ0n) is 11.0. The van der Waals surface area contributed by atoms with Crippen LogP contribution in [0, 0.1) is 0 Å². The SMILES string of the molecule is CCCC(NCc1ccc(O)cc1O)c1cccs1. The first-order valence-electron chi connectivity index (χ1n) is 6.48. The highest BCUT2D eigenvalue weighted by Gasteiger charge is 2.12. The summed E-state index contributed by atoms with van der Waals surface area (Å²) in [6.45, 7) is 2.76. The summed E-state index contributed by atoms with van der Waals surface area (Å²) < 4.78 is 0. The van der Waals surface area contributed by atoms with Gasteiger partial charge in [-0.15, -0.1) is 11.3 Å². The van der Waals surface area contributed by atoms with Crippen LogP contribution >= 0.6 is 11.3 Å². The lowest BCUT2D eigenvalue weighted by molar-refractivity contribution is 0.437. The molecule has 0 fully saturated rings. The highest BCUT2D eigenvalue weighted by molar-refractivity contribution is 7.10. The van der Waals surface area contributed by atoms with Gasteiger partial charge in [-0.1, -0.05) is 25.5 Å². The third-order valence-corrected chi connectivity index (χ3v) is 4.06. The van der Waals surface area contributed by atoms with Gasteiger partial charge in [0.2, 0.25) is 0 Å². The minimum Gasteiger partial charge on any atom is -0.508 e. The van der Waals surface area contributed by atoms with Gasteiger partial charge in [0.05, 0.1) is 0 Å². The average molecular weight is 277 g/mol. The molecule has 0 aliphatic rings. The second-order valence-corrected chi connectivity index (χ2v) is 5.53. The molecule has 0 radical (unpaired) electrons. The summed E-state index contributed by atoms with van der Waals surface area (Å²) in [7, 11) is 0. The molecule has 3 nitrogen and oxygen atoms in total. The fourth-order valence-corrected chi connectivity index (χ4v) is 2.89. The Morgan fingerprint density at radius 2 is 2.11 bits per heavy atom. The molecular formula is C15H19NO2S. The Morgan fingerprint density at radius 1 is 1.26 bits per heavy atom. The van der Waals surface area contributed by atoms with Crippen molar-refractivity contribution in [2.24, 2.45) is 0 Å². The molecule has 1 atom stereocenters. The van der Waals surface area contributed by atoms with E-state index in [2.05, 4.69) is 29.8 Å². The van der Waals surface area contributed by atoms with Crippen molar-refractivity contribution in [1.82, 2.24) is 5.32 Å². The molecule has 0 aliphatic heterocycles. The van der Waals surface area contributed by atoms with Crippen LogP contribution in [0.15, 0.2) is 35.7 Å². The number of hydrogen-bond acceptors (Lipinski definition) is 4. The van der Waals surface area contributed by atoms with Crippen LogP contribution in [0.2, 0.25) is 0 Å². The lowest BCUT2D eigenvalue weighted by Crippen LogP contribution is -2.20. The van der Waals surface area contributed by atoms with Crippen molar-refractivity contribution in [3.05, 3.63) is 46.2 Å². The van der Waals surface area contributed by atoms with Crippen molar-refractivity contribution < 1.29 is 10.2 Å². The third-order valence-electron chi connectivity index (χ3n) is 3.07. The Balaban J connectivity index is 2.02. The Kier molecular flexibility index (Phi) is 4.82. The van der Waals surface area contributed by atoms with Crippen molar-refractivity contribution in [1.29, 1.82) is 0 Å². The highest BCUT2D eigenvalue weighted by Crippen LogP contribution is 2.26. The summed E-state index contributed by atoms with van der Waals surface area (Å²) in [6.07, 6.45) is 2.18. The normalized spacial score (nSPS) is 12.5. The fourth-order valence-electron chi connectivity index (χ4n) is 2.06. The van der Waals surface area contributed by atoms with Gasteiger partial charge in [-0.3, -0.25) is 0 Å². The molecule has 0 bridgehead atoms. The molecule has 1 aromatic carbocycles. The second-order valence-electron chi connectivity index (χ2n) is 4.55. The van der Waals surface area contributed by atoms with Gasteiger partial charge in [0, 0.05) is 29.1 Å². The third kappa shape index (κ3) is 3.72. The smallest absolute Gasteiger partial charge is 0.123 e. The largest absolute Gasteiger partial charge is 0.508 e. The van der Waals surface area contributed by atoms with Crippen molar-refractivity contribution in [3.8, 4) is 11.5 Å². The Hall–Kier alpha value is -1.52. The molecule has 2 rings (SSSR count). The number of phenolic OH excluding ortho intramolecular Hbond substituents is 2. The Morgan fingerprint density at radius 3 is 2.74 bits per heavy atom. The van der Waals surface area contributed by atoms with Gasteiger partial charge in [-0.05, 0) is 23.9 Å². The molecule has 0 aliphatic carbocycles. The zero-order valence-corrected chi connectivity index (χ0v) is 11.8. The van der Waals surface area contributed by atoms with E-state index in [-0.39, 0.29) is 11.5 Å². The average Bonchev–Trinajstić information content (AvgIpc) is 2.90. The van der Waals surface area contributed by atoms with Gasteiger partial charge >= 0.3 is 0 Å². The van der Waals surface area contributed by atoms with Gasteiger partial charge in [0.25, 0.3) is 0 Å². The van der Waals surface area contributed by atoms with Crippen molar-refractivity contribution >= 4 is 11.3 Å². The highest BCUT2D eigenvalue weighted by atomic mass is 32.1. The molecular weight excluding hydrogens is 258 g/mol. The summed E-state index contributed by atoms with van der Waals surface area (Å²) in [5.74, 6) is 0.221. The molecule has 4 heteroatoms. The van der Waals surface area contributed by atoms with E-state index < -0.39 is 0 Å². The van der Waals surface area contributed by atoms with Crippen molar-refractivity contribution in [3.63, 3.8) is 0 Å². The van der Waals surface area contributed by atoms with Gasteiger partial charge in [-0.2, -0.15) is 0 Å². The zero-order chi connectivity index (χ0) is 13.7. The first kappa shape index (κ1) is 13.9. The van der Waals surface area contributed by atoms with Crippen LogP contribution in [0.1, 0.15) is 36.2 Å². The molecule has 102 valence electrons. The molecule has 19 heavy (non-hydrogen) atoms. The van der Waals surface area contributed by atoms with Crippen LogP contribution in [0.3, 0.4) is 0 Å². The van der Waals surface area contributed by atoms with Crippen LogP contribution in [-0.4, -0.2) is 10.2 Å². The molecule has 1 heterocycles. The Bertz CT molecular complexity index is 511. The first-order chi connectivity index (χ1) is 9.20. The molecule has 0 spiro atoms. The number of aromatic hydroxyl groups is 2. The molecule has 0 amide bonds. The number of thiophene rings is 1. The standard InChI is InChI=1S/C15H19NO2S/c1-2-4-13(15-5-3-8-19-15)16-10-11-6-7-12(17)9-14(11)18/h3,5-9,13,16-18H,2,4,10H2,1H3. The summed E-state index contributed by atoms with van der Waals surface area (Å²) in [4.78, 5) is 1.32. The van der Waals surface area contributed by atoms with E-state index in [1.54, 1.807) is 23.5 Å². The van der Waals surface area contributed by atoms with Gasteiger partial charge in [0.1, 0.15) is 11.5 Å². The maximum atomic E-state index is 9.77. The molecule has 3 N–H and O–H groups in total. The fraction of sp³-hybridized carbons (Fsp3) is 0.333. The quantitative estimate of drug-likeness (QED) is 0.753. The number of nitrogens with one attached hydrogen (secondary N) is 1.